The van der Waals surface area contributed by atoms with Crippen molar-refractivity contribution in [2.75, 3.05) is 31.6 Å². The van der Waals surface area contributed by atoms with Crippen LogP contribution in [-0.4, -0.2) is 46.6 Å². The van der Waals surface area contributed by atoms with Gasteiger partial charge in [0.2, 0.25) is 0 Å². The van der Waals surface area contributed by atoms with E-state index in [4.69, 9.17) is 10.5 Å². The summed E-state index contributed by atoms with van der Waals surface area (Å²) in [5.74, 6) is -3.98. The van der Waals surface area contributed by atoms with Gasteiger partial charge >= 0.3 is 0 Å². The molecule has 0 bridgehead atoms. The van der Waals surface area contributed by atoms with Crippen molar-refractivity contribution < 1.29 is 22.7 Å². The summed E-state index contributed by atoms with van der Waals surface area (Å²) in [6.45, 7) is 3.40. The second-order valence-electron chi connectivity index (χ2n) is 7.65. The van der Waals surface area contributed by atoms with E-state index in [1.165, 1.54) is 16.8 Å². The molecule has 0 atom stereocenters. The first-order valence-corrected chi connectivity index (χ1v) is 10.8. The van der Waals surface area contributed by atoms with Gasteiger partial charge < -0.3 is 21.1 Å². The van der Waals surface area contributed by atoms with Gasteiger partial charge in [0.1, 0.15) is 0 Å². The first-order chi connectivity index (χ1) is 16.9. The summed E-state index contributed by atoms with van der Waals surface area (Å²) in [6.07, 6.45) is 4.37. The van der Waals surface area contributed by atoms with Crippen LogP contribution in [0.25, 0.3) is 16.9 Å². The standard InChI is InChI=1S/C24H23F3N6O2.ClH/c1-14-12-15(2-3-16(14)24(34)30-8-11-35-10-6-28)32-22-23-31-13-19(33(23)9-7-29-22)17-4-5-18(25)21(27)20(17)26;/h2-5,7,9,12-13H,6,8,10-11,28H2,1H3,(H,29,32)(H,30,34);1H. The number of imidazole rings is 1. The van der Waals surface area contributed by atoms with Crippen molar-refractivity contribution in [1.29, 1.82) is 0 Å². The molecule has 2 aromatic carbocycles. The number of halogens is 4. The van der Waals surface area contributed by atoms with E-state index in [2.05, 4.69) is 20.6 Å². The summed E-state index contributed by atoms with van der Waals surface area (Å²) in [4.78, 5) is 21.0. The lowest BCUT2D eigenvalue weighted by Crippen LogP contribution is -2.28. The van der Waals surface area contributed by atoms with Crippen LogP contribution in [-0.2, 0) is 4.74 Å². The number of nitrogens with two attached hydrogens (primary N) is 1. The number of amides is 1. The van der Waals surface area contributed by atoms with Crippen molar-refractivity contribution in [3.8, 4) is 11.3 Å². The Morgan fingerprint density at radius 2 is 1.92 bits per heavy atom. The minimum Gasteiger partial charge on any atom is -0.378 e. The maximum absolute atomic E-state index is 14.3. The maximum Gasteiger partial charge on any atom is 0.251 e. The van der Waals surface area contributed by atoms with E-state index in [0.29, 0.717) is 49.0 Å². The average Bonchev–Trinajstić information content (AvgIpc) is 3.27. The molecule has 12 heteroatoms. The van der Waals surface area contributed by atoms with Gasteiger partial charge in [-0.2, -0.15) is 0 Å². The predicted octanol–water partition coefficient (Wildman–Crippen LogP) is 3.99. The van der Waals surface area contributed by atoms with Crippen LogP contribution < -0.4 is 16.4 Å². The second-order valence-corrected chi connectivity index (χ2v) is 7.65. The van der Waals surface area contributed by atoms with Crippen molar-refractivity contribution in [3.63, 3.8) is 0 Å². The van der Waals surface area contributed by atoms with Crippen LogP contribution in [0.2, 0.25) is 0 Å². The summed E-state index contributed by atoms with van der Waals surface area (Å²) in [7, 11) is 0. The van der Waals surface area contributed by atoms with E-state index in [9.17, 15) is 18.0 Å². The molecule has 4 rings (SSSR count). The van der Waals surface area contributed by atoms with Gasteiger partial charge in [-0.1, -0.05) is 0 Å². The number of nitrogens with zero attached hydrogens (tertiary/aromatic N) is 3. The molecule has 0 spiro atoms. The van der Waals surface area contributed by atoms with Gasteiger partial charge in [-0.25, -0.2) is 23.1 Å². The minimum atomic E-state index is -1.55. The van der Waals surface area contributed by atoms with E-state index in [0.717, 1.165) is 17.7 Å². The Hall–Kier alpha value is -3.67. The molecule has 0 aliphatic rings. The molecule has 8 nitrogen and oxygen atoms in total. The van der Waals surface area contributed by atoms with Crippen molar-refractivity contribution in [3.05, 3.63) is 77.5 Å². The Morgan fingerprint density at radius 3 is 2.67 bits per heavy atom. The summed E-state index contributed by atoms with van der Waals surface area (Å²) in [5.41, 5.74) is 7.70. The van der Waals surface area contributed by atoms with E-state index in [-0.39, 0.29) is 29.6 Å². The molecule has 0 unspecified atom stereocenters. The number of hydrogen-bond donors (Lipinski definition) is 3. The normalized spacial score (nSPS) is 10.8. The smallest absolute Gasteiger partial charge is 0.251 e. The zero-order valence-electron chi connectivity index (χ0n) is 19.2. The fraction of sp³-hybridized carbons (Fsp3) is 0.208. The van der Waals surface area contributed by atoms with Crippen molar-refractivity contribution in [2.45, 2.75) is 6.92 Å². The van der Waals surface area contributed by atoms with Crippen LogP contribution in [0.3, 0.4) is 0 Å². The largest absolute Gasteiger partial charge is 0.378 e. The molecule has 1 amide bonds. The van der Waals surface area contributed by atoms with Crippen LogP contribution in [0, 0.1) is 24.4 Å². The Kier molecular flexibility index (Phi) is 8.86. The molecular weight excluding hydrogens is 497 g/mol. The molecule has 0 fully saturated rings. The van der Waals surface area contributed by atoms with E-state index < -0.39 is 17.5 Å². The quantitative estimate of drug-likeness (QED) is 0.227. The monoisotopic (exact) mass is 520 g/mol. The molecule has 190 valence electrons. The van der Waals surface area contributed by atoms with Crippen LogP contribution in [0.15, 0.2) is 48.9 Å². The van der Waals surface area contributed by atoms with Crippen molar-refractivity contribution >= 4 is 35.5 Å². The zero-order chi connectivity index (χ0) is 24.9. The molecule has 0 aliphatic carbocycles. The number of aromatic nitrogens is 3. The summed E-state index contributed by atoms with van der Waals surface area (Å²) < 4.78 is 48.2. The van der Waals surface area contributed by atoms with Crippen molar-refractivity contribution in [1.82, 2.24) is 19.7 Å². The van der Waals surface area contributed by atoms with E-state index in [1.807, 2.05) is 0 Å². The lowest BCUT2D eigenvalue weighted by Gasteiger charge is -2.12. The van der Waals surface area contributed by atoms with Gasteiger partial charge in [-0.05, 0) is 42.8 Å². The zero-order valence-corrected chi connectivity index (χ0v) is 20.0. The summed E-state index contributed by atoms with van der Waals surface area (Å²) in [5, 5.41) is 5.92. The number of anilines is 2. The fourth-order valence-corrected chi connectivity index (χ4v) is 3.58. The highest BCUT2D eigenvalue weighted by Crippen LogP contribution is 2.29. The number of carbonyl (C=O) groups excluding carboxylic acids is 1. The molecule has 0 radical (unpaired) electrons. The lowest BCUT2D eigenvalue weighted by molar-refractivity contribution is 0.0919. The van der Waals surface area contributed by atoms with Gasteiger partial charge in [0.15, 0.2) is 28.9 Å². The topological polar surface area (TPSA) is 107 Å². The molecule has 2 heterocycles. The summed E-state index contributed by atoms with van der Waals surface area (Å²) >= 11 is 0. The molecule has 4 N–H and O–H groups in total. The first-order valence-electron chi connectivity index (χ1n) is 10.8. The second kappa shape index (κ2) is 11.8. The van der Waals surface area contributed by atoms with Gasteiger partial charge in [-0.3, -0.25) is 9.20 Å². The van der Waals surface area contributed by atoms with Crippen molar-refractivity contribution in [2.24, 2.45) is 5.73 Å². The van der Waals surface area contributed by atoms with Crippen LogP contribution in [0.5, 0.6) is 0 Å². The molecule has 0 aliphatic heterocycles. The van der Waals surface area contributed by atoms with Crippen LogP contribution in [0.4, 0.5) is 24.7 Å². The van der Waals surface area contributed by atoms with Gasteiger partial charge in [0.25, 0.3) is 5.91 Å². The predicted molar refractivity (Wildman–Crippen MR) is 132 cm³/mol. The number of benzene rings is 2. The Balaban J connectivity index is 0.00000361. The number of hydrogen-bond acceptors (Lipinski definition) is 6. The molecule has 36 heavy (non-hydrogen) atoms. The Bertz CT molecular complexity index is 1380. The van der Waals surface area contributed by atoms with Gasteiger partial charge in [0, 0.05) is 42.3 Å². The number of fused-ring (bicyclic) bond motifs is 1. The Morgan fingerprint density at radius 1 is 1.11 bits per heavy atom. The fourth-order valence-electron chi connectivity index (χ4n) is 3.58. The number of ether oxygens (including phenoxy) is 1. The van der Waals surface area contributed by atoms with Crippen LogP contribution >= 0.6 is 12.4 Å². The maximum atomic E-state index is 14.3. The number of carbonyl (C=O) groups is 1. The first kappa shape index (κ1) is 26.9. The SMILES string of the molecule is Cc1cc(Nc2nccn3c(-c4ccc(F)c(F)c4F)cnc23)ccc1C(=O)NCCOCCN.Cl. The van der Waals surface area contributed by atoms with Gasteiger partial charge in [-0.15, -0.1) is 12.4 Å². The Labute approximate surface area is 211 Å². The summed E-state index contributed by atoms with van der Waals surface area (Å²) in [6, 6.07) is 7.20. The molecule has 4 aromatic rings. The van der Waals surface area contributed by atoms with Crippen LogP contribution in [0.1, 0.15) is 15.9 Å². The number of nitrogens with one attached hydrogen (secondary N) is 2. The van der Waals surface area contributed by atoms with E-state index in [1.54, 1.807) is 31.3 Å². The third-order valence-corrected chi connectivity index (χ3v) is 5.27. The highest BCUT2D eigenvalue weighted by atomic mass is 35.5. The number of rotatable bonds is 9. The highest BCUT2D eigenvalue weighted by Gasteiger charge is 2.19. The molecule has 0 saturated heterocycles. The molecule has 0 saturated carbocycles. The average molecular weight is 521 g/mol. The molecular formula is C24H24ClF3N6O2. The molecule has 2 aromatic heterocycles. The van der Waals surface area contributed by atoms with Gasteiger partial charge in [0.05, 0.1) is 25.1 Å². The third kappa shape index (κ3) is 5.59. The lowest BCUT2D eigenvalue weighted by atomic mass is 10.1. The number of aryl methyl sites for hydroxylation is 1. The highest BCUT2D eigenvalue weighted by molar-refractivity contribution is 5.96. The third-order valence-electron chi connectivity index (χ3n) is 5.27. The minimum absolute atomic E-state index is 0. The van der Waals surface area contributed by atoms with E-state index >= 15 is 0 Å².